The van der Waals surface area contributed by atoms with Gasteiger partial charge in [-0.25, -0.2) is 15.0 Å². The highest BCUT2D eigenvalue weighted by atomic mass is 16.3. The predicted molar refractivity (Wildman–Crippen MR) is 50.3 cm³/mol. The van der Waals surface area contributed by atoms with E-state index in [9.17, 15) is 5.11 Å². The zero-order valence-corrected chi connectivity index (χ0v) is 7.41. The largest absolute Gasteiger partial charge is 0.380 e. The number of hydrogen-bond donors (Lipinski definition) is 1. The molecule has 0 saturated heterocycles. The fourth-order valence-electron chi connectivity index (χ4n) is 1.17. The van der Waals surface area contributed by atoms with Crippen molar-refractivity contribution in [1.29, 1.82) is 0 Å². The maximum Gasteiger partial charge on any atom is 0.164 e. The van der Waals surface area contributed by atoms with E-state index in [0.717, 1.165) is 5.56 Å². The highest BCUT2D eigenvalue weighted by Gasteiger charge is 2.11. The Hall–Kier alpha value is -1.81. The zero-order chi connectivity index (χ0) is 9.80. The molecule has 0 spiro atoms. The third kappa shape index (κ3) is 1.75. The molecule has 4 heteroatoms. The topological polar surface area (TPSA) is 58.9 Å². The Kier molecular flexibility index (Phi) is 2.46. The Morgan fingerprint density at radius 3 is 2.29 bits per heavy atom. The quantitative estimate of drug-likeness (QED) is 0.760. The van der Waals surface area contributed by atoms with E-state index in [4.69, 9.17) is 0 Å². The van der Waals surface area contributed by atoms with Crippen LogP contribution < -0.4 is 0 Å². The molecule has 1 aromatic heterocycles. The van der Waals surface area contributed by atoms with E-state index in [2.05, 4.69) is 15.0 Å². The summed E-state index contributed by atoms with van der Waals surface area (Å²) in [7, 11) is 0. The fraction of sp³-hybridized carbons (Fsp3) is 0.100. The third-order valence-corrected chi connectivity index (χ3v) is 1.87. The minimum absolute atomic E-state index is 0.367. The van der Waals surface area contributed by atoms with Crippen LogP contribution in [-0.4, -0.2) is 20.1 Å². The summed E-state index contributed by atoms with van der Waals surface area (Å²) in [5.41, 5.74) is 0.777. The van der Waals surface area contributed by atoms with E-state index in [1.165, 1.54) is 12.7 Å². The molecule has 2 rings (SSSR count). The van der Waals surface area contributed by atoms with Crippen LogP contribution in [-0.2, 0) is 0 Å². The summed E-state index contributed by atoms with van der Waals surface area (Å²) in [6.45, 7) is 0. The minimum Gasteiger partial charge on any atom is -0.380 e. The molecular weight excluding hydrogens is 178 g/mol. The summed E-state index contributed by atoms with van der Waals surface area (Å²) in [4.78, 5) is 11.5. The molecule has 0 aliphatic heterocycles. The highest BCUT2D eigenvalue weighted by Crippen LogP contribution is 2.16. The first-order valence-corrected chi connectivity index (χ1v) is 4.23. The van der Waals surface area contributed by atoms with Crippen molar-refractivity contribution in [3.63, 3.8) is 0 Å². The van der Waals surface area contributed by atoms with Crippen LogP contribution in [0.5, 0.6) is 0 Å². The maximum atomic E-state index is 9.84. The lowest BCUT2D eigenvalue weighted by Gasteiger charge is -2.07. The second-order valence-electron chi connectivity index (χ2n) is 2.81. The molecule has 1 atom stereocenters. The van der Waals surface area contributed by atoms with Crippen LogP contribution in [0.15, 0.2) is 43.0 Å². The van der Waals surface area contributed by atoms with Gasteiger partial charge in [0, 0.05) is 0 Å². The Morgan fingerprint density at radius 2 is 1.64 bits per heavy atom. The number of aliphatic hydroxyl groups excluding tert-OH is 1. The second-order valence-corrected chi connectivity index (χ2v) is 2.81. The number of rotatable bonds is 2. The molecule has 0 aliphatic carbocycles. The first-order chi connectivity index (χ1) is 6.88. The average Bonchev–Trinajstić information content (AvgIpc) is 2.30. The van der Waals surface area contributed by atoms with E-state index in [1.807, 2.05) is 30.3 Å². The summed E-state index contributed by atoms with van der Waals surface area (Å²) in [5.74, 6) is 0.367. The molecule has 1 unspecified atom stereocenters. The lowest BCUT2D eigenvalue weighted by molar-refractivity contribution is 0.209. The number of hydrogen-bond acceptors (Lipinski definition) is 4. The lowest BCUT2D eigenvalue weighted by atomic mass is 10.1. The van der Waals surface area contributed by atoms with Crippen molar-refractivity contribution in [3.05, 3.63) is 54.4 Å². The second kappa shape index (κ2) is 3.93. The van der Waals surface area contributed by atoms with Gasteiger partial charge < -0.3 is 5.11 Å². The Bertz CT molecular complexity index is 351. The minimum atomic E-state index is -0.779. The van der Waals surface area contributed by atoms with Crippen LogP contribution in [0.3, 0.4) is 0 Å². The normalized spacial score (nSPS) is 12.4. The van der Waals surface area contributed by atoms with E-state index < -0.39 is 6.10 Å². The van der Waals surface area contributed by atoms with Crippen LogP contribution in [0.2, 0.25) is 0 Å². The van der Waals surface area contributed by atoms with Crippen molar-refractivity contribution in [2.75, 3.05) is 0 Å². The number of aliphatic hydroxyl groups is 1. The summed E-state index contributed by atoms with van der Waals surface area (Å²) in [5, 5.41) is 9.84. The summed E-state index contributed by atoms with van der Waals surface area (Å²) in [6.07, 6.45) is 1.96. The maximum absolute atomic E-state index is 9.84. The Balaban J connectivity index is 2.30. The van der Waals surface area contributed by atoms with Gasteiger partial charge in [0.25, 0.3) is 0 Å². The smallest absolute Gasteiger partial charge is 0.164 e. The summed E-state index contributed by atoms with van der Waals surface area (Å²) < 4.78 is 0. The molecule has 0 aliphatic rings. The Labute approximate surface area is 81.3 Å². The molecule has 0 amide bonds. The SMILES string of the molecule is OC(c1ccccc1)c1ncncn1. The first kappa shape index (κ1) is 8.77. The van der Waals surface area contributed by atoms with Crippen LogP contribution >= 0.6 is 0 Å². The van der Waals surface area contributed by atoms with E-state index in [-0.39, 0.29) is 0 Å². The van der Waals surface area contributed by atoms with Crippen molar-refractivity contribution in [2.45, 2.75) is 6.10 Å². The van der Waals surface area contributed by atoms with Crippen LogP contribution in [0.1, 0.15) is 17.5 Å². The first-order valence-electron chi connectivity index (χ1n) is 4.23. The molecule has 0 radical (unpaired) electrons. The molecule has 0 bridgehead atoms. The molecule has 1 heterocycles. The van der Waals surface area contributed by atoms with Crippen molar-refractivity contribution >= 4 is 0 Å². The van der Waals surface area contributed by atoms with Gasteiger partial charge in [-0.15, -0.1) is 0 Å². The molecule has 14 heavy (non-hydrogen) atoms. The van der Waals surface area contributed by atoms with Gasteiger partial charge in [0.2, 0.25) is 0 Å². The number of aromatic nitrogens is 3. The molecule has 2 aromatic rings. The molecule has 0 saturated carbocycles. The van der Waals surface area contributed by atoms with Gasteiger partial charge in [0.1, 0.15) is 18.8 Å². The molecule has 1 N–H and O–H groups in total. The van der Waals surface area contributed by atoms with Gasteiger partial charge >= 0.3 is 0 Å². The van der Waals surface area contributed by atoms with E-state index in [1.54, 1.807) is 0 Å². The van der Waals surface area contributed by atoms with Crippen molar-refractivity contribution in [3.8, 4) is 0 Å². The van der Waals surface area contributed by atoms with Gasteiger partial charge in [0.05, 0.1) is 0 Å². The molecule has 4 nitrogen and oxygen atoms in total. The average molecular weight is 187 g/mol. The number of nitrogens with zero attached hydrogens (tertiary/aromatic N) is 3. The summed E-state index contributed by atoms with van der Waals surface area (Å²) in [6, 6.07) is 9.27. The van der Waals surface area contributed by atoms with Crippen molar-refractivity contribution < 1.29 is 5.11 Å². The van der Waals surface area contributed by atoms with Crippen LogP contribution in [0.4, 0.5) is 0 Å². The van der Waals surface area contributed by atoms with E-state index in [0.29, 0.717) is 5.82 Å². The monoisotopic (exact) mass is 187 g/mol. The molecule has 70 valence electrons. The van der Waals surface area contributed by atoms with Gasteiger partial charge in [-0.05, 0) is 5.56 Å². The van der Waals surface area contributed by atoms with Gasteiger partial charge in [-0.1, -0.05) is 30.3 Å². The van der Waals surface area contributed by atoms with Crippen LogP contribution in [0, 0.1) is 0 Å². The van der Waals surface area contributed by atoms with Gasteiger partial charge in [0.15, 0.2) is 5.82 Å². The predicted octanol–water partition coefficient (Wildman–Crippen LogP) is 0.953. The molecule has 1 aromatic carbocycles. The van der Waals surface area contributed by atoms with Gasteiger partial charge in [-0.3, -0.25) is 0 Å². The van der Waals surface area contributed by atoms with Crippen LogP contribution in [0.25, 0.3) is 0 Å². The Morgan fingerprint density at radius 1 is 1.00 bits per heavy atom. The van der Waals surface area contributed by atoms with Gasteiger partial charge in [-0.2, -0.15) is 0 Å². The van der Waals surface area contributed by atoms with E-state index >= 15 is 0 Å². The zero-order valence-electron chi connectivity index (χ0n) is 7.41. The third-order valence-electron chi connectivity index (χ3n) is 1.87. The summed E-state index contributed by atoms with van der Waals surface area (Å²) >= 11 is 0. The number of benzene rings is 1. The fourth-order valence-corrected chi connectivity index (χ4v) is 1.17. The lowest BCUT2D eigenvalue weighted by Crippen LogP contribution is -2.04. The molecule has 0 fully saturated rings. The molecular formula is C10H9N3O. The van der Waals surface area contributed by atoms with Crippen molar-refractivity contribution in [1.82, 2.24) is 15.0 Å². The standard InChI is InChI=1S/C10H9N3O/c14-9(8-4-2-1-3-5-8)10-12-6-11-7-13-10/h1-7,9,14H. The highest BCUT2D eigenvalue weighted by molar-refractivity contribution is 5.21. The van der Waals surface area contributed by atoms with Crippen molar-refractivity contribution in [2.24, 2.45) is 0 Å².